The predicted molar refractivity (Wildman–Crippen MR) is 48.0 cm³/mol. The molecule has 0 spiro atoms. The first-order valence-corrected chi connectivity index (χ1v) is 4.17. The molecule has 2 aromatic heterocycles. The largest absolute Gasteiger partial charge is 0.469 e. The van der Waals surface area contributed by atoms with Crippen LogP contribution in [0.2, 0.25) is 0 Å². The highest BCUT2D eigenvalue weighted by molar-refractivity contribution is 5.08. The van der Waals surface area contributed by atoms with Crippen LogP contribution in [-0.2, 0) is 6.42 Å². The summed E-state index contributed by atoms with van der Waals surface area (Å²) in [7, 11) is 0. The second-order valence-corrected chi connectivity index (χ2v) is 2.91. The molecule has 0 saturated heterocycles. The van der Waals surface area contributed by atoms with Gasteiger partial charge < -0.3 is 14.6 Å². The molecule has 0 saturated carbocycles. The molecular weight excluding hydrogens is 166 g/mol. The highest BCUT2D eigenvalue weighted by atomic mass is 16.3. The molecule has 0 fully saturated rings. The zero-order valence-electron chi connectivity index (χ0n) is 7.14. The van der Waals surface area contributed by atoms with E-state index in [0.29, 0.717) is 6.42 Å². The highest BCUT2D eigenvalue weighted by Gasteiger charge is 2.10. The first-order chi connectivity index (χ1) is 6.36. The summed E-state index contributed by atoms with van der Waals surface area (Å²) in [5, 5.41) is 0. The molecule has 0 aromatic carbocycles. The van der Waals surface area contributed by atoms with Crippen LogP contribution < -0.4 is 5.73 Å². The number of furan rings is 2. The van der Waals surface area contributed by atoms with Gasteiger partial charge in [-0.05, 0) is 24.3 Å². The molecule has 2 N–H and O–H groups in total. The second kappa shape index (κ2) is 3.49. The zero-order valence-corrected chi connectivity index (χ0v) is 7.14. The maximum atomic E-state index is 5.88. The van der Waals surface area contributed by atoms with Crippen LogP contribution in [0, 0.1) is 0 Å². The SMILES string of the molecule is NC(Cc1ccco1)c1ccco1. The predicted octanol–water partition coefficient (Wildman–Crippen LogP) is 2.12. The van der Waals surface area contributed by atoms with Gasteiger partial charge in [0.1, 0.15) is 11.5 Å². The molecule has 1 atom stereocenters. The minimum Gasteiger partial charge on any atom is -0.469 e. The van der Waals surface area contributed by atoms with Gasteiger partial charge in [-0.2, -0.15) is 0 Å². The molecule has 0 aliphatic rings. The van der Waals surface area contributed by atoms with Crippen molar-refractivity contribution < 1.29 is 8.83 Å². The van der Waals surface area contributed by atoms with Crippen molar-refractivity contribution in [3.63, 3.8) is 0 Å². The molecule has 2 rings (SSSR count). The Morgan fingerprint density at radius 2 is 1.92 bits per heavy atom. The van der Waals surface area contributed by atoms with Gasteiger partial charge >= 0.3 is 0 Å². The Morgan fingerprint density at radius 3 is 2.54 bits per heavy atom. The van der Waals surface area contributed by atoms with E-state index in [1.165, 1.54) is 0 Å². The third-order valence-corrected chi connectivity index (χ3v) is 1.91. The lowest BCUT2D eigenvalue weighted by atomic mass is 10.1. The quantitative estimate of drug-likeness (QED) is 0.781. The van der Waals surface area contributed by atoms with Crippen LogP contribution in [0.4, 0.5) is 0 Å². The van der Waals surface area contributed by atoms with Gasteiger partial charge in [0.25, 0.3) is 0 Å². The molecule has 3 nitrogen and oxygen atoms in total. The minimum absolute atomic E-state index is 0.124. The number of nitrogens with two attached hydrogens (primary N) is 1. The summed E-state index contributed by atoms with van der Waals surface area (Å²) < 4.78 is 10.4. The highest BCUT2D eigenvalue weighted by Crippen LogP contribution is 2.16. The fraction of sp³-hybridized carbons (Fsp3) is 0.200. The number of rotatable bonds is 3. The third-order valence-electron chi connectivity index (χ3n) is 1.91. The van der Waals surface area contributed by atoms with E-state index >= 15 is 0 Å². The summed E-state index contributed by atoms with van der Waals surface area (Å²) in [5.74, 6) is 1.67. The molecule has 2 aromatic rings. The van der Waals surface area contributed by atoms with E-state index in [9.17, 15) is 0 Å². The molecule has 0 bridgehead atoms. The molecule has 13 heavy (non-hydrogen) atoms. The van der Waals surface area contributed by atoms with Crippen molar-refractivity contribution in [3.05, 3.63) is 48.3 Å². The van der Waals surface area contributed by atoms with Crippen molar-refractivity contribution >= 4 is 0 Å². The number of hydrogen-bond acceptors (Lipinski definition) is 3. The van der Waals surface area contributed by atoms with Crippen LogP contribution in [0.1, 0.15) is 17.6 Å². The van der Waals surface area contributed by atoms with E-state index in [2.05, 4.69) is 0 Å². The van der Waals surface area contributed by atoms with E-state index in [0.717, 1.165) is 11.5 Å². The Labute approximate surface area is 76.1 Å². The van der Waals surface area contributed by atoms with Crippen molar-refractivity contribution in [2.45, 2.75) is 12.5 Å². The first-order valence-electron chi connectivity index (χ1n) is 4.17. The first kappa shape index (κ1) is 8.13. The summed E-state index contributed by atoms with van der Waals surface area (Å²) in [6.45, 7) is 0. The van der Waals surface area contributed by atoms with Crippen molar-refractivity contribution in [1.82, 2.24) is 0 Å². The summed E-state index contributed by atoms with van der Waals surface area (Å²) >= 11 is 0. The molecule has 3 heteroatoms. The average Bonchev–Trinajstić information content (AvgIpc) is 2.74. The lowest BCUT2D eigenvalue weighted by Gasteiger charge is -2.05. The smallest absolute Gasteiger partial charge is 0.120 e. The molecule has 0 radical (unpaired) electrons. The second-order valence-electron chi connectivity index (χ2n) is 2.91. The van der Waals surface area contributed by atoms with Gasteiger partial charge in [-0.25, -0.2) is 0 Å². The monoisotopic (exact) mass is 177 g/mol. The van der Waals surface area contributed by atoms with Crippen LogP contribution in [0.5, 0.6) is 0 Å². The van der Waals surface area contributed by atoms with Gasteiger partial charge in [0.05, 0.1) is 18.6 Å². The lowest BCUT2D eigenvalue weighted by molar-refractivity contribution is 0.432. The van der Waals surface area contributed by atoms with E-state index in [1.54, 1.807) is 12.5 Å². The third kappa shape index (κ3) is 1.81. The average molecular weight is 177 g/mol. The van der Waals surface area contributed by atoms with Crippen LogP contribution >= 0.6 is 0 Å². The van der Waals surface area contributed by atoms with Crippen molar-refractivity contribution in [3.8, 4) is 0 Å². The minimum atomic E-state index is -0.124. The maximum absolute atomic E-state index is 5.88. The molecule has 0 aliphatic heterocycles. The summed E-state index contributed by atoms with van der Waals surface area (Å²) in [4.78, 5) is 0. The van der Waals surface area contributed by atoms with Gasteiger partial charge in [-0.1, -0.05) is 0 Å². The summed E-state index contributed by atoms with van der Waals surface area (Å²) in [5.41, 5.74) is 5.88. The Kier molecular flexibility index (Phi) is 2.19. The number of hydrogen-bond donors (Lipinski definition) is 1. The van der Waals surface area contributed by atoms with E-state index in [-0.39, 0.29) is 6.04 Å². The van der Waals surface area contributed by atoms with Crippen LogP contribution in [-0.4, -0.2) is 0 Å². The summed E-state index contributed by atoms with van der Waals surface area (Å²) in [6.07, 6.45) is 3.93. The normalized spacial score (nSPS) is 13.0. The van der Waals surface area contributed by atoms with Gasteiger partial charge in [-0.15, -0.1) is 0 Å². The zero-order chi connectivity index (χ0) is 9.10. The topological polar surface area (TPSA) is 52.3 Å². The Balaban J connectivity index is 2.04. The van der Waals surface area contributed by atoms with Gasteiger partial charge in [0.15, 0.2) is 0 Å². The summed E-state index contributed by atoms with van der Waals surface area (Å²) in [6, 6.07) is 7.33. The Bertz CT molecular complexity index is 337. The van der Waals surface area contributed by atoms with E-state index in [1.807, 2.05) is 24.3 Å². The Morgan fingerprint density at radius 1 is 1.15 bits per heavy atom. The van der Waals surface area contributed by atoms with Crippen LogP contribution in [0.15, 0.2) is 45.6 Å². The fourth-order valence-electron chi connectivity index (χ4n) is 1.25. The van der Waals surface area contributed by atoms with Gasteiger partial charge in [-0.3, -0.25) is 0 Å². The van der Waals surface area contributed by atoms with Gasteiger partial charge in [0.2, 0.25) is 0 Å². The molecule has 68 valence electrons. The van der Waals surface area contributed by atoms with E-state index in [4.69, 9.17) is 14.6 Å². The van der Waals surface area contributed by atoms with E-state index < -0.39 is 0 Å². The molecule has 0 aliphatic carbocycles. The molecular formula is C10H11NO2. The Hall–Kier alpha value is -1.48. The van der Waals surface area contributed by atoms with Gasteiger partial charge in [0, 0.05) is 6.42 Å². The fourth-order valence-corrected chi connectivity index (χ4v) is 1.25. The molecule has 0 amide bonds. The van der Waals surface area contributed by atoms with Crippen molar-refractivity contribution in [2.75, 3.05) is 0 Å². The molecule has 2 heterocycles. The molecule has 1 unspecified atom stereocenters. The van der Waals surface area contributed by atoms with Crippen molar-refractivity contribution in [1.29, 1.82) is 0 Å². The van der Waals surface area contributed by atoms with Crippen molar-refractivity contribution in [2.24, 2.45) is 5.73 Å². The lowest BCUT2D eigenvalue weighted by Crippen LogP contribution is -2.11. The standard InChI is InChI=1S/C10H11NO2/c11-9(10-4-2-6-13-10)7-8-3-1-5-12-8/h1-6,9H,7,11H2. The van der Waals surface area contributed by atoms with Crippen LogP contribution in [0.3, 0.4) is 0 Å². The maximum Gasteiger partial charge on any atom is 0.120 e. The van der Waals surface area contributed by atoms with Crippen LogP contribution in [0.25, 0.3) is 0 Å².